The summed E-state index contributed by atoms with van der Waals surface area (Å²) in [5.74, 6) is -0.615. The average Bonchev–Trinajstić information content (AvgIpc) is 2.09. The van der Waals surface area contributed by atoms with Gasteiger partial charge in [-0.05, 0) is 24.3 Å². The van der Waals surface area contributed by atoms with E-state index in [1.165, 1.54) is 24.3 Å². The average molecular weight is 166 g/mol. The van der Waals surface area contributed by atoms with Gasteiger partial charge >= 0.3 is 5.97 Å². The Labute approximate surface area is 69.3 Å². The first-order valence-electron chi connectivity index (χ1n) is 3.32. The van der Waals surface area contributed by atoms with E-state index in [4.69, 9.17) is 4.74 Å². The maximum absolute atomic E-state index is 12.3. The van der Waals surface area contributed by atoms with Gasteiger partial charge in [-0.3, -0.25) is 0 Å². The molecule has 0 saturated carbocycles. The third-order valence-electron chi connectivity index (χ3n) is 1.20. The smallest absolute Gasteiger partial charge is 0.335 e. The van der Waals surface area contributed by atoms with E-state index in [2.05, 4.69) is 6.58 Å². The van der Waals surface area contributed by atoms with Crippen molar-refractivity contribution in [1.29, 1.82) is 0 Å². The molecule has 0 aliphatic rings. The van der Waals surface area contributed by atoms with Crippen LogP contribution in [0.15, 0.2) is 36.9 Å². The van der Waals surface area contributed by atoms with Crippen LogP contribution in [0.3, 0.4) is 0 Å². The predicted molar refractivity (Wildman–Crippen MR) is 42.2 cm³/mol. The number of carbonyl (C=O) groups is 1. The van der Waals surface area contributed by atoms with Crippen molar-refractivity contribution in [2.24, 2.45) is 0 Å². The van der Waals surface area contributed by atoms with Gasteiger partial charge in [-0.15, -0.1) is 0 Å². The predicted octanol–water partition coefficient (Wildman–Crippen LogP) is 1.92. The van der Waals surface area contributed by atoms with E-state index in [1.54, 1.807) is 0 Å². The quantitative estimate of drug-likeness (QED) is 0.381. The Morgan fingerprint density at radius 3 is 2.50 bits per heavy atom. The summed E-state index contributed by atoms with van der Waals surface area (Å²) in [5.41, 5.74) is 0. The SMILES string of the molecule is C=CC(=O)Oc1ccc(F)cc1. The van der Waals surface area contributed by atoms with Gasteiger partial charge in [-0.25, -0.2) is 9.18 Å². The number of ether oxygens (including phenoxy) is 1. The second-order valence-electron chi connectivity index (χ2n) is 2.08. The summed E-state index contributed by atoms with van der Waals surface area (Å²) in [7, 11) is 0. The van der Waals surface area contributed by atoms with E-state index in [0.717, 1.165) is 6.08 Å². The van der Waals surface area contributed by atoms with Crippen LogP contribution in [0.1, 0.15) is 0 Å². The molecule has 0 aliphatic carbocycles. The van der Waals surface area contributed by atoms with Crippen molar-refractivity contribution >= 4 is 5.97 Å². The summed E-state index contributed by atoms with van der Waals surface area (Å²) in [6.07, 6.45) is 1.04. The molecule has 0 atom stereocenters. The van der Waals surface area contributed by atoms with Gasteiger partial charge in [0.15, 0.2) is 0 Å². The second kappa shape index (κ2) is 3.67. The molecule has 0 spiro atoms. The van der Waals surface area contributed by atoms with Crippen molar-refractivity contribution in [1.82, 2.24) is 0 Å². The molecule has 0 N–H and O–H groups in total. The van der Waals surface area contributed by atoms with Gasteiger partial charge < -0.3 is 4.74 Å². The van der Waals surface area contributed by atoms with Gasteiger partial charge in [0.2, 0.25) is 0 Å². The molecule has 0 saturated heterocycles. The van der Waals surface area contributed by atoms with Gasteiger partial charge in [-0.2, -0.15) is 0 Å². The Bertz CT molecular complexity index is 290. The van der Waals surface area contributed by atoms with Crippen molar-refractivity contribution < 1.29 is 13.9 Å². The van der Waals surface area contributed by atoms with Crippen LogP contribution in [0.2, 0.25) is 0 Å². The molecule has 1 aromatic rings. The van der Waals surface area contributed by atoms with E-state index in [1.807, 2.05) is 0 Å². The summed E-state index contributed by atoms with van der Waals surface area (Å²) in [6.45, 7) is 3.23. The lowest BCUT2D eigenvalue weighted by Gasteiger charge is -1.98. The maximum Gasteiger partial charge on any atom is 0.335 e. The first-order chi connectivity index (χ1) is 5.72. The van der Waals surface area contributed by atoms with E-state index in [9.17, 15) is 9.18 Å². The molecule has 3 heteroatoms. The molecule has 12 heavy (non-hydrogen) atoms. The second-order valence-corrected chi connectivity index (χ2v) is 2.08. The summed E-state index contributed by atoms with van der Waals surface area (Å²) in [6, 6.07) is 5.17. The minimum atomic E-state index is -0.554. The Kier molecular flexibility index (Phi) is 2.58. The molecule has 0 amide bonds. The van der Waals surface area contributed by atoms with E-state index >= 15 is 0 Å². The van der Waals surface area contributed by atoms with Crippen LogP contribution in [-0.2, 0) is 4.79 Å². The zero-order chi connectivity index (χ0) is 8.97. The van der Waals surface area contributed by atoms with Crippen LogP contribution in [0.25, 0.3) is 0 Å². The first-order valence-corrected chi connectivity index (χ1v) is 3.32. The Hall–Kier alpha value is -1.64. The van der Waals surface area contributed by atoms with Crippen LogP contribution >= 0.6 is 0 Å². The largest absolute Gasteiger partial charge is 0.423 e. The third-order valence-corrected chi connectivity index (χ3v) is 1.20. The molecule has 2 nitrogen and oxygen atoms in total. The molecule has 0 aliphatic heterocycles. The van der Waals surface area contributed by atoms with Crippen LogP contribution in [0.4, 0.5) is 4.39 Å². The van der Waals surface area contributed by atoms with Crippen molar-refractivity contribution in [3.8, 4) is 5.75 Å². The zero-order valence-corrected chi connectivity index (χ0v) is 6.29. The van der Waals surface area contributed by atoms with Crippen LogP contribution < -0.4 is 4.74 Å². The molecule has 1 rings (SSSR count). The highest BCUT2D eigenvalue weighted by Crippen LogP contribution is 2.10. The summed E-state index contributed by atoms with van der Waals surface area (Å²) >= 11 is 0. The van der Waals surface area contributed by atoms with Gasteiger partial charge in [0.25, 0.3) is 0 Å². The molecule has 1 aromatic carbocycles. The number of halogens is 1. The molecule has 0 aromatic heterocycles. The van der Waals surface area contributed by atoms with Crippen molar-refractivity contribution in [3.63, 3.8) is 0 Å². The number of carbonyl (C=O) groups excluding carboxylic acids is 1. The standard InChI is InChI=1S/C9H7FO2/c1-2-9(11)12-8-5-3-7(10)4-6-8/h2-6H,1H2. The van der Waals surface area contributed by atoms with Gasteiger partial charge in [-0.1, -0.05) is 6.58 Å². The monoisotopic (exact) mass is 166 g/mol. The van der Waals surface area contributed by atoms with Crippen molar-refractivity contribution in [3.05, 3.63) is 42.7 Å². The molecular weight excluding hydrogens is 159 g/mol. The fraction of sp³-hybridized carbons (Fsp3) is 0. The van der Waals surface area contributed by atoms with E-state index < -0.39 is 5.97 Å². The lowest BCUT2D eigenvalue weighted by molar-refractivity contribution is -0.128. The molecule has 0 radical (unpaired) electrons. The van der Waals surface area contributed by atoms with Crippen molar-refractivity contribution in [2.75, 3.05) is 0 Å². The number of benzene rings is 1. The fourth-order valence-corrected chi connectivity index (χ4v) is 0.660. The van der Waals surface area contributed by atoms with Crippen LogP contribution in [0.5, 0.6) is 5.75 Å². The molecule has 0 unspecified atom stereocenters. The Morgan fingerprint density at radius 1 is 1.42 bits per heavy atom. The Morgan fingerprint density at radius 2 is 2.00 bits per heavy atom. The fourth-order valence-electron chi connectivity index (χ4n) is 0.660. The lowest BCUT2D eigenvalue weighted by atomic mass is 10.3. The first kappa shape index (κ1) is 8.46. The van der Waals surface area contributed by atoms with Crippen molar-refractivity contribution in [2.45, 2.75) is 0 Å². The lowest BCUT2D eigenvalue weighted by Crippen LogP contribution is -2.02. The normalized spacial score (nSPS) is 9.08. The summed E-state index contributed by atoms with van der Waals surface area (Å²) in [5, 5.41) is 0. The van der Waals surface area contributed by atoms with Gasteiger partial charge in [0.05, 0.1) is 0 Å². The van der Waals surface area contributed by atoms with Gasteiger partial charge in [0.1, 0.15) is 11.6 Å². The zero-order valence-electron chi connectivity index (χ0n) is 6.29. The topological polar surface area (TPSA) is 26.3 Å². The van der Waals surface area contributed by atoms with Crippen LogP contribution in [0, 0.1) is 5.82 Å². The van der Waals surface area contributed by atoms with Crippen LogP contribution in [-0.4, -0.2) is 5.97 Å². The minimum Gasteiger partial charge on any atom is -0.423 e. The van der Waals surface area contributed by atoms with E-state index in [-0.39, 0.29) is 5.82 Å². The van der Waals surface area contributed by atoms with E-state index in [0.29, 0.717) is 5.75 Å². The summed E-state index contributed by atoms with van der Waals surface area (Å²) < 4.78 is 17.0. The highest BCUT2D eigenvalue weighted by Gasteiger charge is 1.98. The maximum atomic E-state index is 12.3. The molecule has 62 valence electrons. The number of esters is 1. The highest BCUT2D eigenvalue weighted by molar-refractivity contribution is 5.83. The highest BCUT2D eigenvalue weighted by atomic mass is 19.1. The molecular formula is C9H7FO2. The molecule has 0 bridgehead atoms. The molecule has 0 heterocycles. The summed E-state index contributed by atoms with van der Waals surface area (Å²) in [4.78, 5) is 10.6. The van der Waals surface area contributed by atoms with Gasteiger partial charge in [0, 0.05) is 6.08 Å². The number of rotatable bonds is 2. The number of hydrogen-bond acceptors (Lipinski definition) is 2. The third kappa shape index (κ3) is 2.20. The number of hydrogen-bond donors (Lipinski definition) is 0. The minimum absolute atomic E-state index is 0.307. The molecule has 0 fully saturated rings. The Balaban J connectivity index is 2.71.